The Morgan fingerprint density at radius 2 is 2.11 bits per heavy atom. The smallest absolute Gasteiger partial charge is 0.236 e. The van der Waals surface area contributed by atoms with E-state index in [1.807, 2.05) is 24.0 Å². The molecule has 0 saturated carbocycles. The van der Waals surface area contributed by atoms with Crippen LogP contribution in [0.2, 0.25) is 0 Å². The lowest BCUT2D eigenvalue weighted by Crippen LogP contribution is -2.39. The van der Waals surface area contributed by atoms with Gasteiger partial charge in [-0.2, -0.15) is 0 Å². The fourth-order valence-electron chi connectivity index (χ4n) is 1.93. The maximum absolute atomic E-state index is 12.1. The Bertz CT molecular complexity index is 384. The summed E-state index contributed by atoms with van der Waals surface area (Å²) in [5.74, 6) is 1.68. The Morgan fingerprint density at radius 3 is 2.63 bits per heavy atom. The molecular weight excluding hydrogens is 244 g/mol. The number of aliphatic hydroxyl groups is 1. The molecule has 0 fully saturated rings. The zero-order valence-electron chi connectivity index (χ0n) is 12.1. The standard InChI is InChI=1S/C14H24N2O3/c1-4-7-16(8-9-17)11-14(18)15(3)10-13-6-5-12(2)19-13/h5-6,17H,4,7-11H2,1-3H3. The molecular formula is C14H24N2O3. The minimum atomic E-state index is 0.0379. The van der Waals surface area contributed by atoms with Gasteiger partial charge in [-0.25, -0.2) is 0 Å². The van der Waals surface area contributed by atoms with Crippen LogP contribution >= 0.6 is 0 Å². The molecule has 1 N–H and O–H groups in total. The number of furan rings is 1. The summed E-state index contributed by atoms with van der Waals surface area (Å²) in [5, 5.41) is 8.97. The van der Waals surface area contributed by atoms with Crippen molar-refractivity contribution in [3.05, 3.63) is 23.7 Å². The first-order valence-electron chi connectivity index (χ1n) is 6.69. The molecule has 0 aliphatic carbocycles. The van der Waals surface area contributed by atoms with Crippen molar-refractivity contribution in [1.29, 1.82) is 0 Å². The van der Waals surface area contributed by atoms with Gasteiger partial charge in [-0.15, -0.1) is 0 Å². The Balaban J connectivity index is 2.46. The van der Waals surface area contributed by atoms with Crippen LogP contribution < -0.4 is 0 Å². The van der Waals surface area contributed by atoms with Crippen molar-refractivity contribution in [2.45, 2.75) is 26.8 Å². The monoisotopic (exact) mass is 268 g/mol. The van der Waals surface area contributed by atoms with Gasteiger partial charge in [0.05, 0.1) is 19.7 Å². The topological polar surface area (TPSA) is 56.9 Å². The summed E-state index contributed by atoms with van der Waals surface area (Å²) in [5.41, 5.74) is 0. The number of hydrogen-bond donors (Lipinski definition) is 1. The fourth-order valence-corrected chi connectivity index (χ4v) is 1.93. The molecule has 1 rings (SSSR count). The van der Waals surface area contributed by atoms with E-state index in [-0.39, 0.29) is 12.5 Å². The zero-order valence-corrected chi connectivity index (χ0v) is 12.1. The minimum absolute atomic E-state index is 0.0379. The summed E-state index contributed by atoms with van der Waals surface area (Å²) in [4.78, 5) is 15.7. The van der Waals surface area contributed by atoms with Crippen molar-refractivity contribution in [3.63, 3.8) is 0 Å². The molecule has 1 aromatic heterocycles. The molecule has 0 aromatic carbocycles. The van der Waals surface area contributed by atoms with E-state index in [4.69, 9.17) is 9.52 Å². The van der Waals surface area contributed by atoms with E-state index in [2.05, 4.69) is 6.92 Å². The summed E-state index contributed by atoms with van der Waals surface area (Å²) in [6.45, 7) is 6.19. The average molecular weight is 268 g/mol. The molecule has 5 nitrogen and oxygen atoms in total. The molecule has 0 unspecified atom stereocenters. The van der Waals surface area contributed by atoms with Crippen molar-refractivity contribution in [2.75, 3.05) is 33.3 Å². The highest BCUT2D eigenvalue weighted by Crippen LogP contribution is 2.09. The van der Waals surface area contributed by atoms with E-state index >= 15 is 0 Å². The second-order valence-corrected chi connectivity index (χ2v) is 4.76. The first-order valence-corrected chi connectivity index (χ1v) is 6.69. The van der Waals surface area contributed by atoms with Crippen molar-refractivity contribution >= 4 is 5.91 Å². The van der Waals surface area contributed by atoms with Crippen LogP contribution in [0, 0.1) is 6.92 Å². The summed E-state index contributed by atoms with van der Waals surface area (Å²) in [6.07, 6.45) is 0.967. The molecule has 0 spiro atoms. The maximum Gasteiger partial charge on any atom is 0.236 e. The number of carbonyl (C=O) groups is 1. The molecule has 1 heterocycles. The van der Waals surface area contributed by atoms with Crippen molar-refractivity contribution in [1.82, 2.24) is 9.80 Å². The number of hydrogen-bond acceptors (Lipinski definition) is 4. The van der Waals surface area contributed by atoms with E-state index in [9.17, 15) is 4.79 Å². The van der Waals surface area contributed by atoms with Crippen LogP contribution in [0.25, 0.3) is 0 Å². The fraction of sp³-hybridized carbons (Fsp3) is 0.643. The van der Waals surface area contributed by atoms with Gasteiger partial charge in [-0.3, -0.25) is 9.69 Å². The molecule has 0 bridgehead atoms. The van der Waals surface area contributed by atoms with Gasteiger partial charge in [0, 0.05) is 13.6 Å². The van der Waals surface area contributed by atoms with Gasteiger partial charge in [0.2, 0.25) is 5.91 Å². The molecule has 0 atom stereocenters. The molecule has 0 radical (unpaired) electrons. The Morgan fingerprint density at radius 1 is 1.37 bits per heavy atom. The lowest BCUT2D eigenvalue weighted by Gasteiger charge is -2.23. The number of rotatable bonds is 8. The highest BCUT2D eigenvalue weighted by molar-refractivity contribution is 5.77. The van der Waals surface area contributed by atoms with Crippen molar-refractivity contribution in [3.8, 4) is 0 Å². The van der Waals surface area contributed by atoms with Crippen LogP contribution in [0.4, 0.5) is 0 Å². The molecule has 1 aromatic rings. The third-order valence-corrected chi connectivity index (χ3v) is 2.93. The highest BCUT2D eigenvalue weighted by atomic mass is 16.3. The molecule has 0 aliphatic rings. The number of carbonyl (C=O) groups excluding carboxylic acids is 1. The maximum atomic E-state index is 12.1. The lowest BCUT2D eigenvalue weighted by atomic mass is 10.3. The largest absolute Gasteiger partial charge is 0.464 e. The van der Waals surface area contributed by atoms with Crippen LogP contribution in [-0.2, 0) is 11.3 Å². The van der Waals surface area contributed by atoms with Gasteiger partial charge in [-0.1, -0.05) is 6.92 Å². The molecule has 0 saturated heterocycles. The molecule has 1 amide bonds. The lowest BCUT2D eigenvalue weighted by molar-refractivity contribution is -0.132. The zero-order chi connectivity index (χ0) is 14.3. The summed E-state index contributed by atoms with van der Waals surface area (Å²) in [7, 11) is 1.77. The normalized spacial score (nSPS) is 11.0. The van der Waals surface area contributed by atoms with Crippen molar-refractivity contribution < 1.29 is 14.3 Å². The number of aliphatic hydroxyl groups excluding tert-OH is 1. The summed E-state index contributed by atoms with van der Waals surface area (Å²) < 4.78 is 5.46. The summed E-state index contributed by atoms with van der Waals surface area (Å²) in [6, 6.07) is 3.78. The second-order valence-electron chi connectivity index (χ2n) is 4.76. The van der Waals surface area contributed by atoms with Gasteiger partial charge in [0.25, 0.3) is 0 Å². The van der Waals surface area contributed by atoms with Gasteiger partial charge in [0.15, 0.2) is 0 Å². The SMILES string of the molecule is CCCN(CCO)CC(=O)N(C)Cc1ccc(C)o1. The predicted molar refractivity (Wildman–Crippen MR) is 73.7 cm³/mol. The Kier molecular flexibility index (Phi) is 6.59. The van der Waals surface area contributed by atoms with Gasteiger partial charge >= 0.3 is 0 Å². The Hall–Kier alpha value is -1.33. The third kappa shape index (κ3) is 5.44. The quantitative estimate of drug-likeness (QED) is 0.771. The second kappa shape index (κ2) is 7.96. The van der Waals surface area contributed by atoms with Crippen LogP contribution in [0.3, 0.4) is 0 Å². The van der Waals surface area contributed by atoms with Crippen LogP contribution in [0.5, 0.6) is 0 Å². The molecule has 0 aliphatic heterocycles. The van der Waals surface area contributed by atoms with Crippen LogP contribution in [-0.4, -0.2) is 54.1 Å². The average Bonchev–Trinajstić information content (AvgIpc) is 2.75. The first-order chi connectivity index (χ1) is 9.06. The molecule has 19 heavy (non-hydrogen) atoms. The van der Waals surface area contributed by atoms with Crippen LogP contribution in [0.1, 0.15) is 24.9 Å². The van der Waals surface area contributed by atoms with Gasteiger partial charge in [0.1, 0.15) is 11.5 Å². The number of likely N-dealkylation sites (N-methyl/N-ethyl adjacent to an activating group) is 1. The van der Waals surface area contributed by atoms with E-state index in [1.165, 1.54) is 0 Å². The molecule has 108 valence electrons. The third-order valence-electron chi connectivity index (χ3n) is 2.93. The number of aryl methyl sites for hydroxylation is 1. The van der Waals surface area contributed by atoms with E-state index in [0.717, 1.165) is 24.5 Å². The van der Waals surface area contributed by atoms with E-state index in [1.54, 1.807) is 11.9 Å². The number of nitrogens with zero attached hydrogens (tertiary/aromatic N) is 2. The highest BCUT2D eigenvalue weighted by Gasteiger charge is 2.15. The first kappa shape index (κ1) is 15.7. The van der Waals surface area contributed by atoms with Gasteiger partial charge < -0.3 is 14.4 Å². The van der Waals surface area contributed by atoms with Crippen molar-refractivity contribution in [2.24, 2.45) is 0 Å². The predicted octanol–water partition coefficient (Wildman–Crippen LogP) is 1.25. The van der Waals surface area contributed by atoms with Crippen LogP contribution in [0.15, 0.2) is 16.5 Å². The number of amides is 1. The van der Waals surface area contributed by atoms with E-state index in [0.29, 0.717) is 19.6 Å². The minimum Gasteiger partial charge on any atom is -0.464 e. The van der Waals surface area contributed by atoms with E-state index < -0.39 is 0 Å². The summed E-state index contributed by atoms with van der Waals surface area (Å²) >= 11 is 0. The Labute approximate surface area is 114 Å². The molecule has 5 heteroatoms. The van der Waals surface area contributed by atoms with Gasteiger partial charge in [-0.05, 0) is 32.0 Å².